The molecule has 7 rings (SSSR count). The van der Waals surface area contributed by atoms with Crippen molar-refractivity contribution in [1.82, 2.24) is 18.5 Å². The molecule has 0 bridgehead atoms. The zero-order chi connectivity index (χ0) is 22.3. The fourth-order valence-electron chi connectivity index (χ4n) is 5.43. The molecule has 0 aliphatic rings. The number of fused-ring (bicyclic) bond motifs is 8. The Morgan fingerprint density at radius 2 is 1.24 bits per heavy atom. The largest absolute Gasteiger partial charge is 0.335 e. The molecule has 0 unspecified atom stereocenters. The lowest BCUT2D eigenvalue weighted by molar-refractivity contribution is 0.423. The van der Waals surface area contributed by atoms with Crippen LogP contribution in [0.3, 0.4) is 0 Å². The van der Waals surface area contributed by atoms with E-state index in [2.05, 4.69) is 125 Å². The van der Waals surface area contributed by atoms with Crippen LogP contribution in [-0.4, -0.2) is 18.5 Å². The summed E-state index contributed by atoms with van der Waals surface area (Å²) in [6.45, 7) is 6.81. The van der Waals surface area contributed by atoms with E-state index in [9.17, 15) is 0 Å². The van der Waals surface area contributed by atoms with Gasteiger partial charge in [0.15, 0.2) is 0 Å². The number of para-hydroxylation sites is 5. The van der Waals surface area contributed by atoms with Gasteiger partial charge < -0.3 is 4.57 Å². The molecule has 0 aliphatic carbocycles. The molecule has 0 fully saturated rings. The lowest BCUT2D eigenvalue weighted by Gasteiger charge is -2.24. The summed E-state index contributed by atoms with van der Waals surface area (Å²) in [5, 5.41) is 2.55. The van der Waals surface area contributed by atoms with Crippen LogP contribution in [0.5, 0.6) is 0 Å². The summed E-state index contributed by atoms with van der Waals surface area (Å²) in [4.78, 5) is 5.04. The SMILES string of the molecule is CC(C)(C)n1c2ccccc2c2cc(-n3c4ccccc4n4c5ccccc5nc34)ccc21. The van der Waals surface area contributed by atoms with Crippen molar-refractivity contribution < 1.29 is 0 Å². The maximum absolute atomic E-state index is 5.04. The average molecular weight is 429 g/mol. The first-order valence-electron chi connectivity index (χ1n) is 11.4. The molecule has 4 nitrogen and oxygen atoms in total. The third kappa shape index (κ3) is 2.43. The van der Waals surface area contributed by atoms with Crippen LogP contribution in [-0.2, 0) is 5.54 Å². The van der Waals surface area contributed by atoms with Gasteiger partial charge in [0.2, 0.25) is 5.78 Å². The van der Waals surface area contributed by atoms with Crippen LogP contribution in [0, 0.1) is 0 Å². The number of imidazole rings is 2. The summed E-state index contributed by atoms with van der Waals surface area (Å²) in [6.07, 6.45) is 0. The Morgan fingerprint density at radius 1 is 0.606 bits per heavy atom. The van der Waals surface area contributed by atoms with Crippen LogP contribution in [0.1, 0.15) is 20.8 Å². The van der Waals surface area contributed by atoms with Crippen LogP contribution in [0.4, 0.5) is 0 Å². The Balaban J connectivity index is 1.62. The zero-order valence-corrected chi connectivity index (χ0v) is 18.9. The minimum Gasteiger partial charge on any atom is -0.335 e. The Labute approximate surface area is 191 Å². The molecule has 0 N–H and O–H groups in total. The fraction of sp³-hybridized carbons (Fsp3) is 0.138. The van der Waals surface area contributed by atoms with Gasteiger partial charge >= 0.3 is 0 Å². The monoisotopic (exact) mass is 428 g/mol. The second-order valence-corrected chi connectivity index (χ2v) is 9.78. The van der Waals surface area contributed by atoms with Crippen LogP contribution in [0.25, 0.3) is 55.3 Å². The molecule has 0 spiro atoms. The van der Waals surface area contributed by atoms with Gasteiger partial charge in [0.25, 0.3) is 0 Å². The number of hydrogen-bond donors (Lipinski definition) is 0. The molecule has 4 heteroatoms. The van der Waals surface area contributed by atoms with Crippen LogP contribution in [0.15, 0.2) is 91.0 Å². The Morgan fingerprint density at radius 3 is 2.03 bits per heavy atom. The van der Waals surface area contributed by atoms with E-state index in [0.717, 1.165) is 28.0 Å². The maximum atomic E-state index is 5.04. The van der Waals surface area contributed by atoms with Gasteiger partial charge in [-0.3, -0.25) is 8.97 Å². The summed E-state index contributed by atoms with van der Waals surface area (Å²) in [6, 6.07) is 32.5. The second-order valence-electron chi connectivity index (χ2n) is 9.78. The lowest BCUT2D eigenvalue weighted by Crippen LogP contribution is -2.21. The van der Waals surface area contributed by atoms with Gasteiger partial charge in [0.1, 0.15) is 0 Å². The second kappa shape index (κ2) is 6.26. The van der Waals surface area contributed by atoms with E-state index in [0.29, 0.717) is 0 Å². The average Bonchev–Trinajstić information content (AvgIpc) is 3.45. The topological polar surface area (TPSA) is 27.2 Å². The minimum absolute atomic E-state index is 0.0168. The van der Waals surface area contributed by atoms with Gasteiger partial charge in [-0.1, -0.05) is 42.5 Å². The number of aromatic nitrogens is 4. The third-order valence-corrected chi connectivity index (χ3v) is 6.69. The highest BCUT2D eigenvalue weighted by Gasteiger charge is 2.22. The van der Waals surface area contributed by atoms with Gasteiger partial charge in [0, 0.05) is 33.0 Å². The summed E-state index contributed by atoms with van der Waals surface area (Å²) < 4.78 is 7.01. The predicted octanol–water partition coefficient (Wildman–Crippen LogP) is 7.29. The van der Waals surface area contributed by atoms with E-state index in [1.807, 2.05) is 0 Å². The highest BCUT2D eigenvalue weighted by molar-refractivity contribution is 6.09. The molecule has 0 saturated heterocycles. The molecule has 160 valence electrons. The van der Waals surface area contributed by atoms with E-state index < -0.39 is 0 Å². The summed E-state index contributed by atoms with van der Waals surface area (Å²) in [7, 11) is 0. The van der Waals surface area contributed by atoms with Crippen LogP contribution < -0.4 is 0 Å². The van der Waals surface area contributed by atoms with E-state index >= 15 is 0 Å². The van der Waals surface area contributed by atoms with Crippen molar-refractivity contribution in [2.45, 2.75) is 26.3 Å². The summed E-state index contributed by atoms with van der Waals surface area (Å²) >= 11 is 0. The highest BCUT2D eigenvalue weighted by atomic mass is 15.2. The van der Waals surface area contributed by atoms with Crippen molar-refractivity contribution in [3.05, 3.63) is 91.0 Å². The van der Waals surface area contributed by atoms with Gasteiger partial charge in [0.05, 0.1) is 22.1 Å². The normalized spacial score (nSPS) is 12.7. The zero-order valence-electron chi connectivity index (χ0n) is 18.9. The number of benzene rings is 4. The van der Waals surface area contributed by atoms with E-state index in [-0.39, 0.29) is 5.54 Å². The molecular weight excluding hydrogens is 404 g/mol. The number of hydrogen-bond acceptors (Lipinski definition) is 1. The molecule has 0 saturated carbocycles. The van der Waals surface area contributed by atoms with Crippen molar-refractivity contribution in [3.8, 4) is 5.69 Å². The van der Waals surface area contributed by atoms with Crippen molar-refractivity contribution in [3.63, 3.8) is 0 Å². The number of nitrogens with zero attached hydrogens (tertiary/aromatic N) is 4. The Bertz CT molecular complexity index is 1850. The first-order chi connectivity index (χ1) is 16.0. The Hall–Kier alpha value is -4.05. The first kappa shape index (κ1) is 18.5. The minimum atomic E-state index is -0.0168. The molecule has 3 heterocycles. The van der Waals surface area contributed by atoms with Gasteiger partial charge in [-0.15, -0.1) is 0 Å². The lowest BCUT2D eigenvalue weighted by atomic mass is 10.1. The molecule has 0 radical (unpaired) electrons. The Kier molecular flexibility index (Phi) is 3.51. The van der Waals surface area contributed by atoms with Crippen molar-refractivity contribution in [2.75, 3.05) is 0 Å². The number of rotatable bonds is 1. The van der Waals surface area contributed by atoms with Crippen LogP contribution >= 0.6 is 0 Å². The van der Waals surface area contributed by atoms with E-state index in [4.69, 9.17) is 4.98 Å². The maximum Gasteiger partial charge on any atom is 0.220 e. The molecular formula is C29H24N4. The van der Waals surface area contributed by atoms with Crippen molar-refractivity contribution in [2.24, 2.45) is 0 Å². The molecule has 0 amide bonds. The standard InChI is InChI=1S/C29H24N4/c1-29(2,3)33-23-12-6-4-10-20(23)21-18-19(16-17-24(21)33)31-26-14-8-9-15-27(26)32-25-13-7-5-11-22(25)30-28(31)32/h4-18H,1-3H3. The van der Waals surface area contributed by atoms with E-state index in [1.165, 1.54) is 27.3 Å². The molecule has 4 aromatic carbocycles. The van der Waals surface area contributed by atoms with E-state index in [1.54, 1.807) is 0 Å². The summed E-state index contributed by atoms with van der Waals surface area (Å²) in [5.74, 6) is 0.941. The quantitative estimate of drug-likeness (QED) is 0.270. The highest BCUT2D eigenvalue weighted by Crippen LogP contribution is 2.36. The van der Waals surface area contributed by atoms with Gasteiger partial charge in [-0.2, -0.15) is 0 Å². The third-order valence-electron chi connectivity index (χ3n) is 6.69. The van der Waals surface area contributed by atoms with Crippen molar-refractivity contribution in [1.29, 1.82) is 0 Å². The summed E-state index contributed by atoms with van der Waals surface area (Å²) in [5.41, 5.74) is 8.10. The fourth-order valence-corrected chi connectivity index (χ4v) is 5.43. The van der Waals surface area contributed by atoms with Gasteiger partial charge in [-0.05, 0) is 69.3 Å². The van der Waals surface area contributed by atoms with Gasteiger partial charge in [-0.25, -0.2) is 4.98 Å². The molecule has 0 aliphatic heterocycles. The molecule has 33 heavy (non-hydrogen) atoms. The molecule has 3 aromatic heterocycles. The van der Waals surface area contributed by atoms with Crippen LogP contribution in [0.2, 0.25) is 0 Å². The first-order valence-corrected chi connectivity index (χ1v) is 11.4. The molecule has 7 aromatic rings. The smallest absolute Gasteiger partial charge is 0.220 e. The van der Waals surface area contributed by atoms with Crippen molar-refractivity contribution >= 4 is 49.7 Å². The predicted molar refractivity (Wildman–Crippen MR) is 138 cm³/mol. The molecule has 0 atom stereocenters.